The van der Waals surface area contributed by atoms with Crippen molar-refractivity contribution in [3.8, 4) is 0 Å². The van der Waals surface area contributed by atoms with Gasteiger partial charge in [0, 0.05) is 11.4 Å². The molecule has 3 amide bonds. The third kappa shape index (κ3) is 9.87. The average Bonchev–Trinajstić information content (AvgIpc) is 2.85. The van der Waals surface area contributed by atoms with Crippen LogP contribution in [0.3, 0.4) is 0 Å². The molecule has 1 aliphatic carbocycles. The molecule has 210 valence electrons. The van der Waals surface area contributed by atoms with Crippen molar-refractivity contribution in [2.24, 2.45) is 11.8 Å². The lowest BCUT2D eigenvalue weighted by Gasteiger charge is -2.35. The Morgan fingerprint density at radius 2 is 1.62 bits per heavy atom. The predicted octanol–water partition coefficient (Wildman–Crippen LogP) is 3.01. The van der Waals surface area contributed by atoms with Crippen LogP contribution in [0.1, 0.15) is 50.7 Å². The van der Waals surface area contributed by atoms with Crippen LogP contribution in [0.5, 0.6) is 0 Å². The number of hydrogen-bond donors (Lipinski definition) is 5. The van der Waals surface area contributed by atoms with Crippen LogP contribution in [0.2, 0.25) is 5.02 Å². The average molecular weight is 558 g/mol. The number of hydrogen-bond acceptors (Lipinski definition) is 6. The van der Waals surface area contributed by atoms with E-state index in [4.69, 9.17) is 16.3 Å². The zero-order valence-electron chi connectivity index (χ0n) is 22.3. The number of halogens is 1. The summed E-state index contributed by atoms with van der Waals surface area (Å²) in [5, 5.41) is 28.3. The number of alkyl carbamates (subject to hydrolysis) is 1. The fourth-order valence-electron chi connectivity index (χ4n) is 4.49. The first-order valence-corrected chi connectivity index (χ1v) is 13.7. The largest absolute Gasteiger partial charge is 0.475 e. The number of amides is 3. The number of ether oxygens (including phenoxy) is 1. The topological polar surface area (TPSA) is 137 Å². The maximum atomic E-state index is 13.5. The van der Waals surface area contributed by atoms with Gasteiger partial charge in [-0.15, -0.1) is 0 Å². The molecule has 3 atom stereocenters. The Bertz CT molecular complexity index is 1100. The highest BCUT2D eigenvalue weighted by atomic mass is 35.5. The molecule has 2 aromatic carbocycles. The van der Waals surface area contributed by atoms with Gasteiger partial charge in [0.1, 0.15) is 18.7 Å². The summed E-state index contributed by atoms with van der Waals surface area (Å²) in [6.07, 6.45) is 2.20. The second-order valence-corrected chi connectivity index (χ2v) is 10.9. The van der Waals surface area contributed by atoms with E-state index in [0.29, 0.717) is 17.0 Å². The normalized spacial score (nSPS) is 15.4. The summed E-state index contributed by atoms with van der Waals surface area (Å²) in [5.41, 5.74) is 1.51. The molecule has 0 aromatic heterocycles. The van der Waals surface area contributed by atoms with Gasteiger partial charge in [0.2, 0.25) is 11.8 Å². The van der Waals surface area contributed by atoms with Crippen LogP contribution in [0.25, 0.3) is 0 Å². The van der Waals surface area contributed by atoms with E-state index in [2.05, 4.69) is 16.0 Å². The van der Waals surface area contributed by atoms with Crippen LogP contribution < -0.4 is 16.0 Å². The molecule has 0 saturated heterocycles. The summed E-state index contributed by atoms with van der Waals surface area (Å²) in [6.45, 7) is 3.86. The molecule has 1 unspecified atom stereocenters. The summed E-state index contributed by atoms with van der Waals surface area (Å²) in [6, 6.07) is 14.1. The van der Waals surface area contributed by atoms with E-state index in [1.807, 2.05) is 44.2 Å². The summed E-state index contributed by atoms with van der Waals surface area (Å²) < 4.78 is 5.32. The number of benzene rings is 2. The molecule has 3 rings (SSSR count). The molecule has 11 heteroatoms. The highest BCUT2D eigenvalue weighted by Crippen LogP contribution is 2.30. The molecule has 1 aliphatic rings. The maximum Gasteiger partial charge on any atom is 0.475 e. The van der Waals surface area contributed by atoms with Crippen molar-refractivity contribution in [2.45, 2.75) is 70.6 Å². The molecule has 0 heterocycles. The Labute approximate surface area is 234 Å². The van der Waals surface area contributed by atoms with Gasteiger partial charge in [0.15, 0.2) is 0 Å². The third-order valence-corrected chi connectivity index (χ3v) is 7.01. The van der Waals surface area contributed by atoms with E-state index in [1.165, 1.54) is 0 Å². The first kappa shape index (κ1) is 30.5. The van der Waals surface area contributed by atoms with Gasteiger partial charge >= 0.3 is 13.2 Å². The van der Waals surface area contributed by atoms with Crippen molar-refractivity contribution in [2.75, 3.05) is 0 Å². The van der Waals surface area contributed by atoms with Crippen LogP contribution in [0, 0.1) is 11.8 Å². The third-order valence-electron chi connectivity index (χ3n) is 6.78. The lowest BCUT2D eigenvalue weighted by molar-refractivity contribution is -0.130. The molecule has 0 aliphatic heterocycles. The van der Waals surface area contributed by atoms with E-state index in [9.17, 15) is 24.4 Å². The van der Waals surface area contributed by atoms with Gasteiger partial charge < -0.3 is 30.7 Å². The van der Waals surface area contributed by atoms with Crippen LogP contribution >= 0.6 is 11.6 Å². The minimum absolute atomic E-state index is 0.0269. The number of rotatable bonds is 13. The van der Waals surface area contributed by atoms with Crippen molar-refractivity contribution in [1.29, 1.82) is 0 Å². The second kappa shape index (κ2) is 14.9. The maximum absolute atomic E-state index is 13.5. The van der Waals surface area contributed by atoms with E-state index >= 15 is 0 Å². The molecular formula is C28H37BClN3O6. The fraction of sp³-hybridized carbons (Fsp3) is 0.464. The van der Waals surface area contributed by atoms with Gasteiger partial charge in [-0.2, -0.15) is 0 Å². The lowest BCUT2D eigenvalue weighted by Crippen LogP contribution is -2.59. The zero-order chi connectivity index (χ0) is 28.4. The summed E-state index contributed by atoms with van der Waals surface area (Å²) in [7, 11) is -1.70. The molecule has 1 saturated carbocycles. The highest BCUT2D eigenvalue weighted by molar-refractivity contribution is 6.43. The molecule has 0 radical (unpaired) electrons. The SMILES string of the molecule is CC(C)C[C@H](NC(=O)C(Cc1cccc(Cl)c1)NC(=O)OCc1ccccc1)C(=O)N[C@H](B(O)O)C1CCC1. The molecule has 0 spiro atoms. The van der Waals surface area contributed by atoms with Crippen LogP contribution in [0.4, 0.5) is 4.79 Å². The fourth-order valence-corrected chi connectivity index (χ4v) is 4.70. The van der Waals surface area contributed by atoms with Gasteiger partial charge in [-0.05, 0) is 54.4 Å². The summed E-state index contributed by atoms with van der Waals surface area (Å²) >= 11 is 6.12. The first-order chi connectivity index (χ1) is 18.6. The van der Waals surface area contributed by atoms with Crippen LogP contribution in [-0.2, 0) is 27.4 Å². The van der Waals surface area contributed by atoms with Crippen LogP contribution in [0.15, 0.2) is 54.6 Å². The van der Waals surface area contributed by atoms with E-state index in [0.717, 1.165) is 24.8 Å². The Kier molecular flexibility index (Phi) is 11.6. The monoisotopic (exact) mass is 557 g/mol. The lowest BCUT2D eigenvalue weighted by atomic mass is 9.64. The molecule has 0 bridgehead atoms. The Hall–Kier alpha value is -3.08. The van der Waals surface area contributed by atoms with E-state index in [1.54, 1.807) is 24.3 Å². The van der Waals surface area contributed by atoms with E-state index < -0.39 is 43.1 Å². The molecule has 2 aromatic rings. The molecular weight excluding hydrogens is 521 g/mol. The smallest absolute Gasteiger partial charge is 0.445 e. The van der Waals surface area contributed by atoms with Crippen molar-refractivity contribution in [3.63, 3.8) is 0 Å². The molecule has 39 heavy (non-hydrogen) atoms. The molecule has 1 fully saturated rings. The molecule has 9 nitrogen and oxygen atoms in total. The van der Waals surface area contributed by atoms with Gasteiger partial charge in [0.25, 0.3) is 0 Å². The number of nitrogens with one attached hydrogen (secondary N) is 3. The minimum atomic E-state index is -1.70. The summed E-state index contributed by atoms with van der Waals surface area (Å²) in [4.78, 5) is 39.3. The summed E-state index contributed by atoms with van der Waals surface area (Å²) in [5.74, 6) is -1.86. The first-order valence-electron chi connectivity index (χ1n) is 13.3. The molecule has 5 N–H and O–H groups in total. The van der Waals surface area contributed by atoms with Crippen molar-refractivity contribution < 1.29 is 29.2 Å². The van der Waals surface area contributed by atoms with Gasteiger partial charge in [-0.25, -0.2) is 4.79 Å². The van der Waals surface area contributed by atoms with Crippen molar-refractivity contribution >= 4 is 36.6 Å². The van der Waals surface area contributed by atoms with Gasteiger partial charge in [-0.3, -0.25) is 9.59 Å². The minimum Gasteiger partial charge on any atom is -0.445 e. The van der Waals surface area contributed by atoms with Crippen molar-refractivity contribution in [1.82, 2.24) is 16.0 Å². The Balaban J connectivity index is 1.72. The quantitative estimate of drug-likeness (QED) is 0.240. The number of carbonyl (C=O) groups is 3. The zero-order valence-corrected chi connectivity index (χ0v) is 23.1. The van der Waals surface area contributed by atoms with Crippen molar-refractivity contribution in [3.05, 3.63) is 70.7 Å². The Morgan fingerprint density at radius 3 is 2.21 bits per heavy atom. The van der Waals surface area contributed by atoms with E-state index in [-0.39, 0.29) is 24.9 Å². The van der Waals surface area contributed by atoms with Gasteiger partial charge in [-0.1, -0.05) is 74.3 Å². The van der Waals surface area contributed by atoms with Gasteiger partial charge in [0.05, 0.1) is 5.94 Å². The number of carbonyl (C=O) groups excluding carboxylic acids is 3. The predicted molar refractivity (Wildman–Crippen MR) is 150 cm³/mol. The standard InChI is InChI=1S/C28H37BClN3O6/c1-18(2)14-23(27(35)33-25(29(37)38)21-11-7-12-21)31-26(34)24(16-20-10-6-13-22(30)15-20)32-28(36)39-17-19-8-4-3-5-9-19/h3-6,8-10,13,15,18,21,23-25,37-38H,7,11-12,14,16-17H2,1-2H3,(H,31,34)(H,32,36)(H,33,35)/t23-,24?,25-/m0/s1. The van der Waals surface area contributed by atoms with Crippen LogP contribution in [-0.4, -0.2) is 53.1 Å². The Morgan fingerprint density at radius 1 is 0.949 bits per heavy atom. The highest BCUT2D eigenvalue weighted by Gasteiger charge is 2.38. The second-order valence-electron chi connectivity index (χ2n) is 10.4.